The summed E-state index contributed by atoms with van der Waals surface area (Å²) in [5.74, 6) is -1.42. The van der Waals surface area contributed by atoms with Crippen molar-refractivity contribution < 1.29 is 80.2 Å². The van der Waals surface area contributed by atoms with E-state index in [0.29, 0.717) is 25.7 Å². The molecule has 0 rings (SSSR count). The fourth-order valence-corrected chi connectivity index (χ4v) is 12.2. The van der Waals surface area contributed by atoms with Crippen LogP contribution < -0.4 is 0 Å². The third kappa shape index (κ3) is 63.2. The number of esters is 4. The fraction of sp³-hybridized carbons (Fsp3) is 0.943. The summed E-state index contributed by atoms with van der Waals surface area (Å²) >= 11 is 0. The summed E-state index contributed by atoms with van der Waals surface area (Å²) in [6.07, 6.45) is 50.5. The Morgan fingerprint density at radius 3 is 0.798 bits per heavy atom. The molecule has 0 aromatic heterocycles. The number of carbonyl (C=O) groups excluding carboxylic acids is 4. The lowest BCUT2D eigenvalue weighted by molar-refractivity contribution is -0.161. The van der Waals surface area contributed by atoms with Crippen molar-refractivity contribution in [2.45, 2.75) is 380 Å². The smallest absolute Gasteiger partial charge is 0.462 e. The summed E-state index contributed by atoms with van der Waals surface area (Å²) in [5.41, 5.74) is 0. The lowest BCUT2D eigenvalue weighted by atomic mass is 10.00. The third-order valence-corrected chi connectivity index (χ3v) is 18.5. The summed E-state index contributed by atoms with van der Waals surface area (Å²) in [5, 5.41) is 10.6. The molecule has 0 fully saturated rings. The second-order valence-corrected chi connectivity index (χ2v) is 28.4. The Bertz CT molecular complexity index is 1720. The summed E-state index contributed by atoms with van der Waals surface area (Å²) < 4.78 is 68.0. The minimum Gasteiger partial charge on any atom is -0.462 e. The molecule has 6 atom stereocenters. The number of aliphatic hydroxyl groups is 1. The third-order valence-electron chi connectivity index (χ3n) is 16.6. The lowest BCUT2D eigenvalue weighted by Gasteiger charge is -2.21. The summed E-state index contributed by atoms with van der Waals surface area (Å²) in [4.78, 5) is 72.2. The lowest BCUT2D eigenvalue weighted by Crippen LogP contribution is -2.30. The second kappa shape index (κ2) is 63.5. The van der Waals surface area contributed by atoms with Gasteiger partial charge in [0.15, 0.2) is 12.2 Å². The Labute approximate surface area is 543 Å². The highest BCUT2D eigenvalue weighted by atomic mass is 31.2. The molecule has 0 aromatic carbocycles. The molecule has 17 nitrogen and oxygen atoms in total. The van der Waals surface area contributed by atoms with Crippen molar-refractivity contribution >= 4 is 39.5 Å². The van der Waals surface area contributed by atoms with E-state index < -0.39 is 97.5 Å². The molecule has 0 saturated heterocycles. The number of hydrogen-bond acceptors (Lipinski definition) is 15. The van der Waals surface area contributed by atoms with Crippen molar-refractivity contribution in [3.05, 3.63) is 0 Å². The molecule has 3 unspecified atom stereocenters. The van der Waals surface area contributed by atoms with E-state index >= 15 is 0 Å². The van der Waals surface area contributed by atoms with Crippen molar-refractivity contribution in [3.63, 3.8) is 0 Å². The molecule has 3 N–H and O–H groups in total. The standard InChI is InChI=1S/C70H136O17P2/c1-6-10-13-16-18-20-22-24-26-27-28-29-31-33-35-37-39-45-50-55-69(74)86-66(60-81-68(73)54-49-44-38-36-34-32-30-25-23-21-19-17-14-11-7-2)62-85-89(78,79)83-58-64(71)57-82-88(76,77)84-61-65(59-80-67(72)53-48-42-15-12-8-3)87-70(75)56-51-46-41-40-43-47-52-63(5)9-4/h63-66,71H,6-62H2,1-5H3,(H,76,77)(H,78,79)/t63?,64-,65+,66+/m0/s1. The topological polar surface area (TPSA) is 237 Å². The molecule has 0 aromatic rings. The van der Waals surface area contributed by atoms with Gasteiger partial charge in [0.2, 0.25) is 0 Å². The van der Waals surface area contributed by atoms with E-state index in [-0.39, 0.29) is 25.7 Å². The van der Waals surface area contributed by atoms with Gasteiger partial charge in [0, 0.05) is 25.7 Å². The monoisotopic (exact) mass is 1310 g/mol. The van der Waals surface area contributed by atoms with E-state index in [2.05, 4.69) is 34.6 Å². The zero-order chi connectivity index (χ0) is 65.6. The van der Waals surface area contributed by atoms with Gasteiger partial charge in [-0.05, 0) is 31.6 Å². The van der Waals surface area contributed by atoms with E-state index in [4.69, 9.17) is 37.0 Å². The summed E-state index contributed by atoms with van der Waals surface area (Å²) in [6.45, 7) is 7.11. The van der Waals surface area contributed by atoms with Gasteiger partial charge in [-0.25, -0.2) is 9.13 Å². The van der Waals surface area contributed by atoms with Gasteiger partial charge in [0.1, 0.15) is 19.3 Å². The number of rotatable bonds is 70. The normalized spacial score (nSPS) is 14.4. The molecule has 528 valence electrons. The highest BCUT2D eigenvalue weighted by Gasteiger charge is 2.30. The van der Waals surface area contributed by atoms with E-state index in [1.54, 1.807) is 0 Å². The molecule has 19 heteroatoms. The van der Waals surface area contributed by atoms with Crippen LogP contribution in [0.1, 0.15) is 362 Å². The van der Waals surface area contributed by atoms with Crippen molar-refractivity contribution in [1.29, 1.82) is 0 Å². The molecule has 0 spiro atoms. The molecule has 89 heavy (non-hydrogen) atoms. The fourth-order valence-electron chi connectivity index (χ4n) is 10.6. The molecule has 0 saturated carbocycles. The number of phosphoric ester groups is 2. The number of ether oxygens (including phenoxy) is 4. The van der Waals surface area contributed by atoms with Crippen molar-refractivity contribution in [2.24, 2.45) is 5.92 Å². The second-order valence-electron chi connectivity index (χ2n) is 25.5. The minimum absolute atomic E-state index is 0.102. The van der Waals surface area contributed by atoms with Gasteiger partial charge in [-0.3, -0.25) is 37.3 Å². The molecule has 0 bridgehead atoms. The Morgan fingerprint density at radius 1 is 0.315 bits per heavy atom. The molecule has 0 amide bonds. The zero-order valence-corrected chi connectivity index (χ0v) is 59.4. The number of unbranched alkanes of at least 4 members (excludes halogenated alkanes) is 41. The van der Waals surface area contributed by atoms with Gasteiger partial charge < -0.3 is 33.8 Å². The van der Waals surface area contributed by atoms with E-state index in [0.717, 1.165) is 102 Å². The van der Waals surface area contributed by atoms with E-state index in [1.807, 2.05) is 0 Å². The molecule has 0 aliphatic rings. The van der Waals surface area contributed by atoms with E-state index in [1.165, 1.54) is 180 Å². The number of aliphatic hydroxyl groups excluding tert-OH is 1. The van der Waals surface area contributed by atoms with Crippen LogP contribution in [0.3, 0.4) is 0 Å². The van der Waals surface area contributed by atoms with Crippen molar-refractivity contribution in [1.82, 2.24) is 0 Å². The number of hydrogen-bond donors (Lipinski definition) is 3. The quantitative estimate of drug-likeness (QED) is 0.0222. The van der Waals surface area contributed by atoms with Gasteiger partial charge in [-0.15, -0.1) is 0 Å². The highest BCUT2D eigenvalue weighted by Crippen LogP contribution is 2.45. The van der Waals surface area contributed by atoms with Crippen LogP contribution in [-0.4, -0.2) is 96.7 Å². The van der Waals surface area contributed by atoms with Gasteiger partial charge in [0.25, 0.3) is 0 Å². The minimum atomic E-state index is -4.95. The molecule has 0 aliphatic heterocycles. The Kier molecular flexibility index (Phi) is 62.1. The Balaban J connectivity index is 5.14. The van der Waals surface area contributed by atoms with Crippen molar-refractivity contribution in [2.75, 3.05) is 39.6 Å². The predicted octanol–water partition coefficient (Wildman–Crippen LogP) is 20.1. The summed E-state index contributed by atoms with van der Waals surface area (Å²) in [6, 6.07) is 0. The maximum atomic E-state index is 13.0. The Morgan fingerprint density at radius 2 is 0.539 bits per heavy atom. The highest BCUT2D eigenvalue weighted by molar-refractivity contribution is 7.47. The van der Waals surface area contributed by atoms with Crippen LogP contribution in [0, 0.1) is 5.92 Å². The Hall–Kier alpha value is -1.94. The first kappa shape index (κ1) is 87.1. The predicted molar refractivity (Wildman–Crippen MR) is 358 cm³/mol. The van der Waals surface area contributed by atoms with Crippen molar-refractivity contribution in [3.8, 4) is 0 Å². The van der Waals surface area contributed by atoms with Crippen LogP contribution in [0.4, 0.5) is 0 Å². The first-order valence-electron chi connectivity index (χ1n) is 36.7. The molecule has 0 heterocycles. The largest absolute Gasteiger partial charge is 0.472 e. The first-order chi connectivity index (χ1) is 43.1. The maximum absolute atomic E-state index is 13.0. The van der Waals surface area contributed by atoms with E-state index in [9.17, 15) is 43.2 Å². The van der Waals surface area contributed by atoms with Gasteiger partial charge in [-0.1, -0.05) is 311 Å². The first-order valence-corrected chi connectivity index (χ1v) is 39.7. The molecular formula is C70H136O17P2. The van der Waals surface area contributed by atoms with Crippen LogP contribution in [0.5, 0.6) is 0 Å². The van der Waals surface area contributed by atoms with Crippen LogP contribution in [-0.2, 0) is 65.4 Å². The maximum Gasteiger partial charge on any atom is 0.472 e. The zero-order valence-electron chi connectivity index (χ0n) is 57.6. The van der Waals surface area contributed by atoms with Gasteiger partial charge >= 0.3 is 39.5 Å². The average molecular weight is 1310 g/mol. The van der Waals surface area contributed by atoms with Crippen LogP contribution >= 0.6 is 15.6 Å². The SMILES string of the molecule is CCCCCCCCCCCCCCCCCCCCCC(=O)O[C@H](COC(=O)CCCCCCCCCCCCCCCCC)COP(=O)(O)OC[C@@H](O)COP(=O)(O)OC[C@@H](COC(=O)CCCCCCC)OC(=O)CCCCCCCCC(C)CC. The number of phosphoric acid groups is 2. The molecule has 0 aliphatic carbocycles. The molecule has 0 radical (unpaired) electrons. The molecular weight excluding hydrogens is 1170 g/mol. The van der Waals surface area contributed by atoms with Crippen LogP contribution in [0.25, 0.3) is 0 Å². The van der Waals surface area contributed by atoms with Crippen LogP contribution in [0.2, 0.25) is 0 Å². The average Bonchev–Trinajstić information content (AvgIpc) is 3.55. The van der Waals surface area contributed by atoms with Gasteiger partial charge in [0.05, 0.1) is 26.4 Å². The number of carbonyl (C=O) groups is 4. The van der Waals surface area contributed by atoms with Crippen LogP contribution in [0.15, 0.2) is 0 Å². The summed E-state index contributed by atoms with van der Waals surface area (Å²) in [7, 11) is -9.89. The van der Waals surface area contributed by atoms with Gasteiger partial charge in [-0.2, -0.15) is 0 Å².